The Morgan fingerprint density at radius 1 is 0.246 bits per heavy atom. The molecule has 2 heterocycles. The highest BCUT2D eigenvalue weighted by atomic mass is 32.1. The average Bonchev–Trinajstić information content (AvgIpc) is 4.04. The highest BCUT2D eigenvalue weighted by Gasteiger charge is 2.59. The van der Waals surface area contributed by atoms with Crippen LogP contribution in [0.5, 0.6) is 0 Å². The summed E-state index contributed by atoms with van der Waals surface area (Å²) in [6.07, 6.45) is 0. The third-order valence-electron chi connectivity index (χ3n) is 15.2. The zero-order chi connectivity index (χ0) is 45.3. The van der Waals surface area contributed by atoms with Gasteiger partial charge in [0.2, 0.25) is 0 Å². The Hall–Kier alpha value is -8.57. The van der Waals surface area contributed by atoms with Crippen molar-refractivity contribution in [3.8, 4) is 67.5 Å². The molecule has 2 aromatic heterocycles. The van der Waals surface area contributed by atoms with Gasteiger partial charge in [0.15, 0.2) is 17.5 Å². The minimum Gasteiger partial charge on any atom is -0.208 e. The van der Waals surface area contributed by atoms with Gasteiger partial charge in [0.25, 0.3) is 0 Å². The molecule has 3 nitrogen and oxygen atoms in total. The van der Waals surface area contributed by atoms with Crippen LogP contribution in [0.2, 0.25) is 0 Å². The molecule has 0 bridgehead atoms. The number of thiophene rings is 1. The third-order valence-corrected chi connectivity index (χ3v) is 16.4. The molecule has 0 amide bonds. The molecule has 12 aromatic rings. The van der Waals surface area contributed by atoms with E-state index in [-0.39, 0.29) is 0 Å². The fraction of sp³-hybridized carbons (Fsp3) is 0.0308. The Labute approximate surface area is 403 Å². The van der Waals surface area contributed by atoms with E-state index >= 15 is 0 Å². The monoisotopic (exact) mass is 893 g/mol. The van der Waals surface area contributed by atoms with Crippen molar-refractivity contribution in [3.63, 3.8) is 0 Å². The summed E-state index contributed by atoms with van der Waals surface area (Å²) < 4.78 is 2.62. The Bertz CT molecular complexity index is 3920. The molecule has 0 unspecified atom stereocenters. The van der Waals surface area contributed by atoms with Crippen LogP contribution in [0.4, 0.5) is 0 Å². The maximum Gasteiger partial charge on any atom is 0.164 e. The van der Waals surface area contributed by atoms with E-state index in [4.69, 9.17) is 15.0 Å². The first-order valence-electron chi connectivity index (χ1n) is 23.7. The third kappa shape index (κ3) is 5.24. The maximum absolute atomic E-state index is 5.03. The highest BCUT2D eigenvalue weighted by Crippen LogP contribution is 2.68. The normalized spacial score (nSPS) is 14.0. The predicted octanol–water partition coefficient (Wildman–Crippen LogP) is 15.9. The molecule has 0 saturated heterocycles. The van der Waals surface area contributed by atoms with Gasteiger partial charge >= 0.3 is 0 Å². The van der Waals surface area contributed by atoms with E-state index in [1.54, 1.807) is 0 Å². The van der Waals surface area contributed by atoms with Gasteiger partial charge in [-0.2, -0.15) is 0 Å². The quantitative estimate of drug-likeness (QED) is 0.177. The molecule has 15 rings (SSSR count). The molecule has 0 saturated carbocycles. The Kier molecular flexibility index (Phi) is 8.08. The summed E-state index contributed by atoms with van der Waals surface area (Å²) >= 11 is 1.89. The summed E-state index contributed by atoms with van der Waals surface area (Å²) in [5, 5.41) is 2.62. The first-order valence-corrected chi connectivity index (χ1v) is 24.5. The van der Waals surface area contributed by atoms with Crippen molar-refractivity contribution in [1.82, 2.24) is 15.0 Å². The van der Waals surface area contributed by atoms with Gasteiger partial charge in [0.1, 0.15) is 0 Å². The molecule has 10 aromatic carbocycles. The molecule has 69 heavy (non-hydrogen) atoms. The molecule has 0 N–H and O–H groups in total. The molecule has 3 aliphatic rings. The smallest absolute Gasteiger partial charge is 0.164 e. The Morgan fingerprint density at radius 2 is 0.652 bits per heavy atom. The number of rotatable bonds is 4. The molecule has 2 spiro atoms. The SMILES string of the molecule is c1ccc(-c2nc(-c3ccccc3)nc(-c3ccc(-c4ccc5c(c4)-c4cc6sc7ccccc7c6cc4C54c5ccccc5C5(c6ccccc6-c6ccccc65)c5ccccc54)cc3)n2)cc1. The average molecular weight is 894 g/mol. The van der Waals surface area contributed by atoms with Crippen LogP contribution in [0.3, 0.4) is 0 Å². The van der Waals surface area contributed by atoms with E-state index in [2.05, 4.69) is 176 Å². The van der Waals surface area contributed by atoms with Crippen LogP contribution in [-0.4, -0.2) is 15.0 Å². The highest BCUT2D eigenvalue weighted by molar-refractivity contribution is 7.25. The maximum atomic E-state index is 5.03. The number of hydrogen-bond donors (Lipinski definition) is 0. The molecule has 0 aliphatic heterocycles. The summed E-state index contributed by atoms with van der Waals surface area (Å²) in [7, 11) is 0. The lowest BCUT2D eigenvalue weighted by atomic mass is 9.52. The van der Waals surface area contributed by atoms with Crippen molar-refractivity contribution in [2.75, 3.05) is 0 Å². The van der Waals surface area contributed by atoms with E-state index in [0.29, 0.717) is 17.5 Å². The van der Waals surface area contributed by atoms with Gasteiger partial charge in [-0.1, -0.05) is 212 Å². The first-order chi connectivity index (χ1) is 34.2. The van der Waals surface area contributed by atoms with Crippen molar-refractivity contribution >= 4 is 31.5 Å². The Balaban J connectivity index is 0.949. The summed E-state index contributed by atoms with van der Waals surface area (Å²) in [6.45, 7) is 0. The number of benzene rings is 10. The van der Waals surface area contributed by atoms with Gasteiger partial charge in [-0.3, -0.25) is 0 Å². The Morgan fingerprint density at radius 3 is 1.22 bits per heavy atom. The fourth-order valence-corrected chi connectivity index (χ4v) is 13.6. The van der Waals surface area contributed by atoms with Crippen LogP contribution >= 0.6 is 11.3 Å². The zero-order valence-electron chi connectivity index (χ0n) is 37.3. The van der Waals surface area contributed by atoms with Gasteiger partial charge < -0.3 is 0 Å². The number of fused-ring (bicyclic) bond motifs is 19. The molecule has 0 fully saturated rings. The standard InChI is InChI=1S/C65H39N3S/c1-3-17-41(18-4-1)61-66-62(42-19-5-2-6-20-42)68-63(67-61)43-33-31-40(32-34-43)44-35-36-53-48(37-44)49-39-60-50(47-23-9-16-30-59(47)69-60)38-58(49)65(53)56-28-14-12-26-54(56)64(55-27-13-15-29-57(55)65)51-24-10-7-21-45(51)46-22-8-11-25-52(46)64/h1-39H. The van der Waals surface area contributed by atoms with Crippen LogP contribution in [-0.2, 0) is 10.8 Å². The summed E-state index contributed by atoms with van der Waals surface area (Å²) in [5.74, 6) is 1.95. The van der Waals surface area contributed by atoms with Gasteiger partial charge in [-0.05, 0) is 102 Å². The lowest BCUT2D eigenvalue weighted by Crippen LogP contribution is -2.43. The number of aromatic nitrogens is 3. The van der Waals surface area contributed by atoms with Gasteiger partial charge in [0, 0.05) is 36.9 Å². The fourth-order valence-electron chi connectivity index (χ4n) is 12.4. The van der Waals surface area contributed by atoms with E-state index in [1.165, 1.54) is 86.9 Å². The lowest BCUT2D eigenvalue weighted by Gasteiger charge is -2.48. The summed E-state index contributed by atoms with van der Waals surface area (Å²) in [6, 6.07) is 87.3. The van der Waals surface area contributed by atoms with Gasteiger partial charge in [-0.15, -0.1) is 11.3 Å². The van der Waals surface area contributed by atoms with Crippen LogP contribution in [0.1, 0.15) is 44.5 Å². The van der Waals surface area contributed by atoms with Gasteiger partial charge in [-0.25, -0.2) is 15.0 Å². The second kappa shape index (κ2) is 14.5. The van der Waals surface area contributed by atoms with E-state index < -0.39 is 10.8 Å². The second-order valence-electron chi connectivity index (χ2n) is 18.6. The summed E-state index contributed by atoms with van der Waals surface area (Å²) in [5.41, 5.74) is 20.0. The number of nitrogens with zero attached hydrogens (tertiary/aromatic N) is 3. The molecule has 0 radical (unpaired) electrons. The molecule has 0 atom stereocenters. The van der Waals surface area contributed by atoms with Crippen molar-refractivity contribution in [3.05, 3.63) is 281 Å². The van der Waals surface area contributed by atoms with Crippen LogP contribution < -0.4 is 0 Å². The minimum atomic E-state index is -0.583. The second-order valence-corrected chi connectivity index (χ2v) is 19.6. The van der Waals surface area contributed by atoms with Crippen LogP contribution in [0.15, 0.2) is 237 Å². The molecular formula is C65H39N3S. The van der Waals surface area contributed by atoms with Crippen molar-refractivity contribution in [2.24, 2.45) is 0 Å². The van der Waals surface area contributed by atoms with Crippen LogP contribution in [0, 0.1) is 0 Å². The number of hydrogen-bond acceptors (Lipinski definition) is 4. The minimum absolute atomic E-state index is 0.488. The molecule has 320 valence electrons. The van der Waals surface area contributed by atoms with Crippen molar-refractivity contribution in [1.29, 1.82) is 0 Å². The topological polar surface area (TPSA) is 38.7 Å². The largest absolute Gasteiger partial charge is 0.208 e. The predicted molar refractivity (Wildman–Crippen MR) is 283 cm³/mol. The van der Waals surface area contributed by atoms with E-state index in [0.717, 1.165) is 27.8 Å². The zero-order valence-corrected chi connectivity index (χ0v) is 38.1. The van der Waals surface area contributed by atoms with Crippen molar-refractivity contribution < 1.29 is 0 Å². The lowest BCUT2D eigenvalue weighted by molar-refractivity contribution is 0.633. The van der Waals surface area contributed by atoms with E-state index in [9.17, 15) is 0 Å². The van der Waals surface area contributed by atoms with Crippen LogP contribution in [0.25, 0.3) is 87.7 Å². The van der Waals surface area contributed by atoms with E-state index in [1.807, 2.05) is 72.0 Å². The molecule has 4 heteroatoms. The molecular weight excluding hydrogens is 855 g/mol. The van der Waals surface area contributed by atoms with Gasteiger partial charge in [0.05, 0.1) is 10.8 Å². The van der Waals surface area contributed by atoms with Crippen molar-refractivity contribution in [2.45, 2.75) is 10.8 Å². The first kappa shape index (κ1) is 38.5. The summed E-state index contributed by atoms with van der Waals surface area (Å²) in [4.78, 5) is 15.0. The molecule has 3 aliphatic carbocycles.